The minimum Gasteiger partial charge on any atom is -0.370 e. The highest BCUT2D eigenvalue weighted by molar-refractivity contribution is 7.91. The Hall–Kier alpha value is -2.98. The van der Waals surface area contributed by atoms with Crippen molar-refractivity contribution >= 4 is 32.1 Å². The summed E-state index contributed by atoms with van der Waals surface area (Å²) in [7, 11) is -3.91. The van der Waals surface area contributed by atoms with E-state index < -0.39 is 15.7 Å². The van der Waals surface area contributed by atoms with Crippen molar-refractivity contribution in [1.82, 2.24) is 4.98 Å². The van der Waals surface area contributed by atoms with Gasteiger partial charge in [0.1, 0.15) is 10.7 Å². The first kappa shape index (κ1) is 19.3. The van der Waals surface area contributed by atoms with Crippen LogP contribution in [0.2, 0.25) is 0 Å². The van der Waals surface area contributed by atoms with Crippen LogP contribution in [0.4, 0.5) is 15.8 Å². The van der Waals surface area contributed by atoms with Gasteiger partial charge < -0.3 is 4.90 Å². The third-order valence-electron chi connectivity index (χ3n) is 5.43. The number of nitrogens with zero attached hydrogens (tertiary/aromatic N) is 3. The van der Waals surface area contributed by atoms with E-state index in [0.717, 1.165) is 38.1 Å². The van der Waals surface area contributed by atoms with Crippen LogP contribution < -0.4 is 4.90 Å². The van der Waals surface area contributed by atoms with Gasteiger partial charge in [0.15, 0.2) is 5.69 Å². The van der Waals surface area contributed by atoms with Crippen LogP contribution in [0, 0.1) is 18.3 Å². The second-order valence-corrected chi connectivity index (χ2v) is 9.33. The van der Waals surface area contributed by atoms with Gasteiger partial charge >= 0.3 is 0 Å². The van der Waals surface area contributed by atoms with Gasteiger partial charge in [0.25, 0.3) is 0 Å². The number of rotatable bonds is 3. The van der Waals surface area contributed by atoms with Crippen molar-refractivity contribution in [1.29, 1.82) is 0 Å². The highest BCUT2D eigenvalue weighted by Crippen LogP contribution is 2.38. The van der Waals surface area contributed by atoms with Crippen LogP contribution in [0.5, 0.6) is 0 Å². The Balaban J connectivity index is 1.97. The molecule has 0 bridgehead atoms. The maximum absolute atomic E-state index is 13.4. The fraction of sp³-hybridized carbons (Fsp3) is 0.273. The van der Waals surface area contributed by atoms with E-state index in [0.29, 0.717) is 28.2 Å². The first-order chi connectivity index (χ1) is 13.9. The molecule has 1 aliphatic heterocycles. The summed E-state index contributed by atoms with van der Waals surface area (Å²) in [5.74, 6) is 0.0860. The van der Waals surface area contributed by atoms with Crippen LogP contribution in [0.1, 0.15) is 19.8 Å². The summed E-state index contributed by atoms with van der Waals surface area (Å²) in [5, 5.41) is 0.649. The molecule has 0 aliphatic carbocycles. The van der Waals surface area contributed by atoms with Crippen molar-refractivity contribution in [3.8, 4) is 0 Å². The Bertz CT molecular complexity index is 1210. The molecule has 29 heavy (non-hydrogen) atoms. The van der Waals surface area contributed by atoms with Crippen molar-refractivity contribution in [3.05, 3.63) is 65.9 Å². The molecule has 0 amide bonds. The van der Waals surface area contributed by atoms with E-state index in [2.05, 4.69) is 21.7 Å². The SMILES string of the molecule is [C-]#[N+]c1ccc2ncc(S(=O)(=O)c3ccc(F)cc3)c(N3CCC(C)CC3)c2c1. The molecule has 7 heteroatoms. The molecule has 3 aromatic rings. The first-order valence-electron chi connectivity index (χ1n) is 9.46. The molecule has 5 nitrogen and oxygen atoms in total. The molecule has 1 saturated heterocycles. The number of benzene rings is 2. The third kappa shape index (κ3) is 3.56. The van der Waals surface area contributed by atoms with Gasteiger partial charge in [-0.25, -0.2) is 17.7 Å². The fourth-order valence-corrected chi connectivity index (χ4v) is 5.15. The number of hydrogen-bond donors (Lipinski definition) is 0. The summed E-state index contributed by atoms with van der Waals surface area (Å²) < 4.78 is 40.2. The Morgan fingerprint density at radius 3 is 2.48 bits per heavy atom. The third-order valence-corrected chi connectivity index (χ3v) is 7.20. The largest absolute Gasteiger partial charge is 0.370 e. The summed E-state index contributed by atoms with van der Waals surface area (Å²) in [6.07, 6.45) is 3.30. The number of fused-ring (bicyclic) bond motifs is 1. The van der Waals surface area contributed by atoms with E-state index in [-0.39, 0.29) is 9.79 Å². The van der Waals surface area contributed by atoms with Gasteiger partial charge in [-0.2, -0.15) is 0 Å². The number of anilines is 1. The maximum Gasteiger partial charge on any atom is 0.210 e. The molecule has 0 spiro atoms. The molecule has 1 fully saturated rings. The van der Waals surface area contributed by atoms with Crippen molar-refractivity contribution in [2.45, 2.75) is 29.6 Å². The zero-order valence-corrected chi connectivity index (χ0v) is 16.8. The topological polar surface area (TPSA) is 54.6 Å². The van der Waals surface area contributed by atoms with Gasteiger partial charge in [-0.1, -0.05) is 13.0 Å². The van der Waals surface area contributed by atoms with Gasteiger partial charge in [0.2, 0.25) is 9.84 Å². The predicted octanol–water partition coefficient (Wildman–Crippen LogP) is 4.99. The molecule has 0 N–H and O–H groups in total. The number of pyridine rings is 1. The minimum atomic E-state index is -3.91. The van der Waals surface area contributed by atoms with Gasteiger partial charge in [-0.05, 0) is 55.2 Å². The van der Waals surface area contributed by atoms with E-state index in [1.807, 2.05) is 0 Å². The van der Waals surface area contributed by atoms with Crippen LogP contribution in [-0.4, -0.2) is 26.5 Å². The molecule has 148 valence electrons. The van der Waals surface area contributed by atoms with Gasteiger partial charge in [0, 0.05) is 24.7 Å². The second-order valence-electron chi connectivity index (χ2n) is 7.41. The van der Waals surface area contributed by atoms with Crippen LogP contribution in [0.25, 0.3) is 15.7 Å². The number of hydrogen-bond acceptors (Lipinski definition) is 4. The first-order valence-corrected chi connectivity index (χ1v) is 10.9. The number of piperidine rings is 1. The zero-order valence-electron chi connectivity index (χ0n) is 16.0. The summed E-state index contributed by atoms with van der Waals surface area (Å²) in [6, 6.07) is 9.94. The van der Waals surface area contributed by atoms with Crippen molar-refractivity contribution in [3.63, 3.8) is 0 Å². The van der Waals surface area contributed by atoms with Crippen molar-refractivity contribution in [2.24, 2.45) is 5.92 Å². The summed E-state index contributed by atoms with van der Waals surface area (Å²) in [4.78, 5) is 10.0. The summed E-state index contributed by atoms with van der Waals surface area (Å²) in [5.41, 5.74) is 1.66. The molecular weight excluding hydrogens is 389 g/mol. The lowest BCUT2D eigenvalue weighted by Gasteiger charge is -2.34. The zero-order chi connectivity index (χ0) is 20.6. The standard InChI is InChI=1S/C22H20FN3O2S/c1-15-9-11-26(12-10-15)22-19-13-17(24-2)5-8-20(19)25-14-21(22)29(27,28)18-6-3-16(23)4-7-18/h3-8,13-15H,9-12H2,1H3. The monoisotopic (exact) mass is 409 g/mol. The Kier molecular flexibility index (Phi) is 4.97. The van der Waals surface area contributed by atoms with E-state index in [9.17, 15) is 12.8 Å². The number of sulfone groups is 1. The maximum atomic E-state index is 13.4. The predicted molar refractivity (Wildman–Crippen MR) is 110 cm³/mol. The minimum absolute atomic E-state index is 0.0213. The van der Waals surface area contributed by atoms with Crippen LogP contribution in [-0.2, 0) is 9.84 Å². The lowest BCUT2D eigenvalue weighted by molar-refractivity contribution is 0.437. The number of halogens is 1. The van der Waals surface area contributed by atoms with Crippen LogP contribution >= 0.6 is 0 Å². The average molecular weight is 409 g/mol. The fourth-order valence-electron chi connectivity index (χ4n) is 3.71. The number of aromatic nitrogens is 1. The Morgan fingerprint density at radius 1 is 1.14 bits per heavy atom. The highest BCUT2D eigenvalue weighted by atomic mass is 32.2. The quantitative estimate of drug-likeness (QED) is 0.452. The molecular formula is C22H20FN3O2S. The van der Waals surface area contributed by atoms with E-state index >= 15 is 0 Å². The van der Waals surface area contributed by atoms with Crippen LogP contribution in [0.3, 0.4) is 0 Å². The second kappa shape index (κ2) is 7.45. The lowest BCUT2D eigenvalue weighted by Crippen LogP contribution is -2.34. The molecule has 4 rings (SSSR count). The molecule has 0 unspecified atom stereocenters. The normalized spacial score (nSPS) is 15.4. The van der Waals surface area contributed by atoms with Crippen LogP contribution in [0.15, 0.2) is 58.5 Å². The summed E-state index contributed by atoms with van der Waals surface area (Å²) >= 11 is 0. The lowest BCUT2D eigenvalue weighted by atomic mass is 9.98. The molecule has 1 aliphatic rings. The molecule has 2 heterocycles. The highest BCUT2D eigenvalue weighted by Gasteiger charge is 2.28. The Morgan fingerprint density at radius 2 is 1.83 bits per heavy atom. The molecule has 1 aromatic heterocycles. The molecule has 0 atom stereocenters. The van der Waals surface area contributed by atoms with E-state index in [4.69, 9.17) is 6.57 Å². The van der Waals surface area contributed by atoms with Gasteiger partial charge in [-0.3, -0.25) is 4.98 Å². The van der Waals surface area contributed by atoms with Crippen molar-refractivity contribution < 1.29 is 12.8 Å². The molecule has 0 saturated carbocycles. The van der Waals surface area contributed by atoms with Gasteiger partial charge in [0.05, 0.1) is 22.7 Å². The molecule has 2 aromatic carbocycles. The van der Waals surface area contributed by atoms with Crippen molar-refractivity contribution in [2.75, 3.05) is 18.0 Å². The van der Waals surface area contributed by atoms with E-state index in [1.165, 1.54) is 18.3 Å². The summed E-state index contributed by atoms with van der Waals surface area (Å²) in [6.45, 7) is 11.0. The van der Waals surface area contributed by atoms with E-state index in [1.54, 1.807) is 18.2 Å². The molecule has 0 radical (unpaired) electrons. The smallest absolute Gasteiger partial charge is 0.210 e. The van der Waals surface area contributed by atoms with Gasteiger partial charge in [-0.15, -0.1) is 0 Å². The average Bonchev–Trinajstić information content (AvgIpc) is 2.73. The Labute approximate surface area is 169 Å².